The molecule has 2 heterocycles. The smallest absolute Gasteiger partial charge is 0.287 e. The summed E-state index contributed by atoms with van der Waals surface area (Å²) in [6.07, 6.45) is 2.92. The van der Waals surface area contributed by atoms with Gasteiger partial charge in [-0.25, -0.2) is 5.43 Å². The SMILES string of the molecule is O=C(N/N=C\c1ccc(-c2cccc(Br)c2)o1)/C(=C\c1ccc2c(c1)OCO2)NC(=O)c1ccccc1. The summed E-state index contributed by atoms with van der Waals surface area (Å²) in [4.78, 5) is 25.8. The van der Waals surface area contributed by atoms with Crippen LogP contribution < -0.4 is 20.2 Å². The fourth-order valence-electron chi connectivity index (χ4n) is 3.55. The van der Waals surface area contributed by atoms with Crippen LogP contribution in [0.25, 0.3) is 17.4 Å². The molecule has 0 saturated carbocycles. The molecule has 0 fully saturated rings. The van der Waals surface area contributed by atoms with E-state index in [0.717, 1.165) is 10.0 Å². The predicted octanol–water partition coefficient (Wildman–Crippen LogP) is 5.36. The molecular formula is C28H20BrN3O5. The molecule has 5 rings (SSSR count). The third-order valence-corrected chi connectivity index (χ3v) is 5.82. The van der Waals surface area contributed by atoms with Gasteiger partial charge in [0, 0.05) is 15.6 Å². The molecule has 0 saturated heterocycles. The average molecular weight is 558 g/mol. The maximum absolute atomic E-state index is 13.0. The number of furan rings is 1. The number of carbonyl (C=O) groups excluding carboxylic acids is 2. The van der Waals surface area contributed by atoms with Crippen molar-refractivity contribution in [2.24, 2.45) is 5.10 Å². The van der Waals surface area contributed by atoms with Crippen LogP contribution in [0.3, 0.4) is 0 Å². The van der Waals surface area contributed by atoms with Crippen molar-refractivity contribution in [3.8, 4) is 22.8 Å². The minimum absolute atomic E-state index is 0.000798. The molecule has 4 aromatic rings. The molecule has 0 aliphatic carbocycles. The highest BCUT2D eigenvalue weighted by Crippen LogP contribution is 2.33. The molecule has 2 amide bonds. The zero-order valence-corrected chi connectivity index (χ0v) is 20.9. The Morgan fingerprint density at radius 3 is 2.57 bits per heavy atom. The summed E-state index contributed by atoms with van der Waals surface area (Å²) in [6, 6.07) is 25.1. The lowest BCUT2D eigenvalue weighted by atomic mass is 10.1. The fourth-order valence-corrected chi connectivity index (χ4v) is 3.95. The van der Waals surface area contributed by atoms with Gasteiger partial charge in [0.1, 0.15) is 17.2 Å². The number of benzene rings is 3. The molecule has 2 N–H and O–H groups in total. The molecule has 1 aliphatic heterocycles. The van der Waals surface area contributed by atoms with Crippen molar-refractivity contribution in [2.75, 3.05) is 6.79 Å². The van der Waals surface area contributed by atoms with Gasteiger partial charge >= 0.3 is 0 Å². The second-order valence-corrected chi connectivity index (χ2v) is 8.82. The molecule has 0 unspecified atom stereocenters. The van der Waals surface area contributed by atoms with E-state index in [2.05, 4.69) is 31.8 Å². The zero-order chi connectivity index (χ0) is 25.6. The van der Waals surface area contributed by atoms with Gasteiger partial charge in [-0.05, 0) is 60.2 Å². The number of nitrogens with one attached hydrogen (secondary N) is 2. The van der Waals surface area contributed by atoms with Crippen LogP contribution in [0.4, 0.5) is 0 Å². The van der Waals surface area contributed by atoms with E-state index in [1.807, 2.05) is 30.3 Å². The van der Waals surface area contributed by atoms with Gasteiger partial charge in [-0.2, -0.15) is 5.10 Å². The van der Waals surface area contributed by atoms with Crippen LogP contribution in [0.1, 0.15) is 21.7 Å². The van der Waals surface area contributed by atoms with E-state index in [1.54, 1.807) is 54.6 Å². The number of carbonyl (C=O) groups is 2. The van der Waals surface area contributed by atoms with E-state index in [1.165, 1.54) is 12.3 Å². The Morgan fingerprint density at radius 1 is 0.892 bits per heavy atom. The quantitative estimate of drug-likeness (QED) is 0.181. The lowest BCUT2D eigenvalue weighted by Gasteiger charge is -2.09. The summed E-state index contributed by atoms with van der Waals surface area (Å²) in [5, 5.41) is 6.67. The highest BCUT2D eigenvalue weighted by Gasteiger charge is 2.17. The van der Waals surface area contributed by atoms with E-state index in [-0.39, 0.29) is 12.5 Å². The van der Waals surface area contributed by atoms with Gasteiger partial charge in [-0.15, -0.1) is 0 Å². The molecule has 37 heavy (non-hydrogen) atoms. The number of ether oxygens (including phenoxy) is 2. The molecule has 0 radical (unpaired) electrons. The molecule has 0 atom stereocenters. The number of hydrazone groups is 1. The molecule has 184 valence electrons. The standard InChI is InChI=1S/C28H20BrN3O5/c29-21-8-4-7-20(15-21)24-12-10-22(37-24)16-30-32-28(34)23(31-27(33)19-5-2-1-3-6-19)13-18-9-11-25-26(14-18)36-17-35-25/h1-16H,17H2,(H,31,33)(H,32,34)/b23-13+,30-16-. The number of halogens is 1. The van der Waals surface area contributed by atoms with E-state index in [4.69, 9.17) is 13.9 Å². The molecule has 8 nitrogen and oxygen atoms in total. The number of rotatable bonds is 7. The van der Waals surface area contributed by atoms with Crippen molar-refractivity contribution in [3.05, 3.63) is 112 Å². The number of hydrogen-bond donors (Lipinski definition) is 2. The van der Waals surface area contributed by atoms with Gasteiger partial charge < -0.3 is 19.2 Å². The van der Waals surface area contributed by atoms with Gasteiger partial charge in [-0.1, -0.05) is 52.3 Å². The molecule has 0 bridgehead atoms. The minimum atomic E-state index is -0.614. The fraction of sp³-hybridized carbons (Fsp3) is 0.0357. The third kappa shape index (κ3) is 5.96. The van der Waals surface area contributed by atoms with Gasteiger partial charge in [0.2, 0.25) is 6.79 Å². The van der Waals surface area contributed by atoms with Crippen molar-refractivity contribution in [2.45, 2.75) is 0 Å². The van der Waals surface area contributed by atoms with Crippen molar-refractivity contribution < 1.29 is 23.5 Å². The Morgan fingerprint density at radius 2 is 1.73 bits per heavy atom. The van der Waals surface area contributed by atoms with Crippen molar-refractivity contribution in [3.63, 3.8) is 0 Å². The molecule has 1 aromatic heterocycles. The highest BCUT2D eigenvalue weighted by atomic mass is 79.9. The maximum Gasteiger partial charge on any atom is 0.287 e. The first kappa shape index (κ1) is 24.1. The third-order valence-electron chi connectivity index (χ3n) is 5.33. The van der Waals surface area contributed by atoms with Gasteiger partial charge in [0.05, 0.1) is 6.21 Å². The van der Waals surface area contributed by atoms with E-state index < -0.39 is 11.8 Å². The van der Waals surface area contributed by atoms with E-state index in [9.17, 15) is 9.59 Å². The monoisotopic (exact) mass is 557 g/mol. The second-order valence-electron chi connectivity index (χ2n) is 7.90. The molecule has 1 aliphatic rings. The Kier molecular flexibility index (Phi) is 7.14. The first-order chi connectivity index (χ1) is 18.0. The number of nitrogens with zero attached hydrogens (tertiary/aromatic N) is 1. The highest BCUT2D eigenvalue weighted by molar-refractivity contribution is 9.10. The Bertz CT molecular complexity index is 1510. The second kappa shape index (κ2) is 11.0. The van der Waals surface area contributed by atoms with Crippen molar-refractivity contribution in [1.82, 2.24) is 10.7 Å². The summed E-state index contributed by atoms with van der Waals surface area (Å²) in [7, 11) is 0. The maximum atomic E-state index is 13.0. The van der Waals surface area contributed by atoms with Crippen LogP contribution in [-0.2, 0) is 4.79 Å². The Hall–Kier alpha value is -4.63. The normalized spacial score (nSPS) is 12.5. The Balaban J connectivity index is 1.33. The van der Waals surface area contributed by atoms with Crippen molar-refractivity contribution >= 4 is 40.0 Å². The minimum Gasteiger partial charge on any atom is -0.455 e. The predicted molar refractivity (Wildman–Crippen MR) is 142 cm³/mol. The molecular weight excluding hydrogens is 538 g/mol. The molecule has 9 heteroatoms. The van der Waals surface area contributed by atoms with Gasteiger partial charge in [0.25, 0.3) is 11.8 Å². The first-order valence-corrected chi connectivity index (χ1v) is 12.0. The lowest BCUT2D eigenvalue weighted by molar-refractivity contribution is -0.117. The van der Waals surface area contributed by atoms with Crippen LogP contribution in [0.15, 0.2) is 105 Å². The zero-order valence-electron chi connectivity index (χ0n) is 19.3. The largest absolute Gasteiger partial charge is 0.455 e. The lowest BCUT2D eigenvalue weighted by Crippen LogP contribution is -2.32. The van der Waals surface area contributed by atoms with Crippen LogP contribution in [-0.4, -0.2) is 24.8 Å². The van der Waals surface area contributed by atoms with Crippen LogP contribution in [0, 0.1) is 0 Å². The van der Waals surface area contributed by atoms with Gasteiger partial charge in [0.15, 0.2) is 11.5 Å². The summed E-state index contributed by atoms with van der Waals surface area (Å²) in [5.74, 6) is 1.23. The number of fused-ring (bicyclic) bond motifs is 1. The van der Waals surface area contributed by atoms with E-state index in [0.29, 0.717) is 34.1 Å². The van der Waals surface area contributed by atoms with Gasteiger partial charge in [-0.3, -0.25) is 9.59 Å². The average Bonchev–Trinajstić information content (AvgIpc) is 3.58. The first-order valence-electron chi connectivity index (χ1n) is 11.2. The summed E-state index contributed by atoms with van der Waals surface area (Å²) in [5.41, 5.74) is 4.38. The molecule has 3 aromatic carbocycles. The summed E-state index contributed by atoms with van der Waals surface area (Å²) < 4.78 is 17.5. The van der Waals surface area contributed by atoms with Crippen LogP contribution in [0.2, 0.25) is 0 Å². The number of hydrogen-bond acceptors (Lipinski definition) is 6. The van der Waals surface area contributed by atoms with Crippen molar-refractivity contribution in [1.29, 1.82) is 0 Å². The summed E-state index contributed by atoms with van der Waals surface area (Å²) in [6.45, 7) is 0.130. The van der Waals surface area contributed by atoms with Crippen LogP contribution in [0.5, 0.6) is 11.5 Å². The van der Waals surface area contributed by atoms with E-state index >= 15 is 0 Å². The Labute approximate surface area is 220 Å². The topological polar surface area (TPSA) is 102 Å². The number of amides is 2. The molecule has 0 spiro atoms. The summed E-state index contributed by atoms with van der Waals surface area (Å²) >= 11 is 3.44. The van der Waals surface area contributed by atoms with Crippen LogP contribution >= 0.6 is 15.9 Å².